The van der Waals surface area contributed by atoms with Crippen LogP contribution in [0, 0.1) is 0 Å². The number of guanidine groups is 1. The number of aliphatic imine (C=N–C) groups is 1. The molecule has 0 spiro atoms. The highest BCUT2D eigenvalue weighted by Crippen LogP contribution is 2.33. The molecule has 1 aromatic rings. The number of aliphatic hydroxyl groups is 1. The van der Waals surface area contributed by atoms with Gasteiger partial charge in [0, 0.05) is 0 Å². The highest BCUT2D eigenvalue weighted by molar-refractivity contribution is 7.09. The van der Waals surface area contributed by atoms with Crippen molar-refractivity contribution < 1.29 is 9.84 Å². The van der Waals surface area contributed by atoms with Gasteiger partial charge in [0.25, 0.3) is 0 Å². The van der Waals surface area contributed by atoms with Crippen LogP contribution in [0.5, 0.6) is 0 Å². The van der Waals surface area contributed by atoms with Gasteiger partial charge in [-0.3, -0.25) is 9.36 Å². The first-order valence-corrected chi connectivity index (χ1v) is 6.58. The second kappa shape index (κ2) is 4.38. The molecule has 0 aromatic carbocycles. The quantitative estimate of drug-likeness (QED) is 0.692. The topological polar surface area (TPSA) is 102 Å². The zero-order chi connectivity index (χ0) is 12.7. The van der Waals surface area contributed by atoms with Crippen molar-refractivity contribution in [1.29, 1.82) is 0 Å². The Hall–Kier alpha value is -1.38. The number of aromatic nitrogens is 1. The fourth-order valence-electron chi connectivity index (χ4n) is 2.26. The molecule has 98 valence electrons. The van der Waals surface area contributed by atoms with Crippen LogP contribution in [0.2, 0.25) is 0 Å². The monoisotopic (exact) mass is 270 g/mol. The number of nitrogens with one attached hydrogen (secondary N) is 1. The number of ether oxygens (including phenoxy) is 1. The van der Waals surface area contributed by atoms with Gasteiger partial charge in [0.2, 0.25) is 0 Å². The van der Waals surface area contributed by atoms with Crippen molar-refractivity contribution in [3.63, 3.8) is 0 Å². The van der Waals surface area contributed by atoms with E-state index in [0.29, 0.717) is 24.7 Å². The third-order valence-corrected chi connectivity index (χ3v) is 4.07. The van der Waals surface area contributed by atoms with Gasteiger partial charge in [0.1, 0.15) is 12.0 Å². The third kappa shape index (κ3) is 1.82. The zero-order valence-corrected chi connectivity index (χ0v) is 10.4. The van der Waals surface area contributed by atoms with E-state index in [-0.39, 0.29) is 23.8 Å². The molecule has 0 aliphatic carbocycles. The van der Waals surface area contributed by atoms with Crippen LogP contribution in [-0.4, -0.2) is 28.3 Å². The summed E-state index contributed by atoms with van der Waals surface area (Å²) in [6.45, 7) is 0.409. The number of anilines is 1. The first-order valence-electron chi connectivity index (χ1n) is 5.76. The van der Waals surface area contributed by atoms with Gasteiger partial charge in [-0.2, -0.15) is 0 Å². The SMILES string of the molecule is NC1=NCc2sc(=O)n([C@H]3CC[C@@H](CO)O3)c2N1. The minimum absolute atomic E-state index is 0.0192. The van der Waals surface area contributed by atoms with Crippen molar-refractivity contribution in [2.75, 3.05) is 11.9 Å². The van der Waals surface area contributed by atoms with Crippen LogP contribution in [-0.2, 0) is 11.3 Å². The number of nitrogens with two attached hydrogens (primary N) is 1. The molecule has 1 saturated heterocycles. The van der Waals surface area contributed by atoms with Gasteiger partial charge >= 0.3 is 4.87 Å². The lowest BCUT2D eigenvalue weighted by Gasteiger charge is -2.19. The lowest BCUT2D eigenvalue weighted by Crippen LogP contribution is -2.30. The predicted molar refractivity (Wildman–Crippen MR) is 67.8 cm³/mol. The summed E-state index contributed by atoms with van der Waals surface area (Å²) in [5, 5.41) is 12.0. The largest absolute Gasteiger partial charge is 0.394 e. The number of hydrogen-bond acceptors (Lipinski definition) is 7. The summed E-state index contributed by atoms with van der Waals surface area (Å²) in [6, 6.07) is 0. The molecule has 2 aliphatic heterocycles. The summed E-state index contributed by atoms with van der Waals surface area (Å²) in [4.78, 5) is 16.8. The Balaban J connectivity index is 1.94. The first-order chi connectivity index (χ1) is 8.69. The molecule has 3 rings (SSSR count). The van der Waals surface area contributed by atoms with Crippen LogP contribution in [0.25, 0.3) is 0 Å². The molecule has 7 nitrogen and oxygen atoms in total. The van der Waals surface area contributed by atoms with Crippen molar-refractivity contribution in [1.82, 2.24) is 4.57 Å². The Bertz CT molecular complexity index is 550. The summed E-state index contributed by atoms with van der Waals surface area (Å²) in [5.41, 5.74) is 5.63. The van der Waals surface area contributed by atoms with E-state index in [9.17, 15) is 4.79 Å². The highest BCUT2D eigenvalue weighted by atomic mass is 32.1. The zero-order valence-electron chi connectivity index (χ0n) is 9.63. The van der Waals surface area contributed by atoms with E-state index in [1.54, 1.807) is 4.57 Å². The van der Waals surface area contributed by atoms with E-state index in [1.807, 2.05) is 0 Å². The average molecular weight is 270 g/mol. The molecule has 1 fully saturated rings. The van der Waals surface area contributed by atoms with Gasteiger partial charge in [0.05, 0.1) is 24.1 Å². The smallest absolute Gasteiger partial charge is 0.311 e. The fraction of sp³-hybridized carbons (Fsp3) is 0.600. The molecule has 0 saturated carbocycles. The van der Waals surface area contributed by atoms with E-state index in [4.69, 9.17) is 15.6 Å². The summed E-state index contributed by atoms with van der Waals surface area (Å²) in [5.74, 6) is 0.992. The summed E-state index contributed by atoms with van der Waals surface area (Å²) < 4.78 is 7.22. The van der Waals surface area contributed by atoms with Crippen molar-refractivity contribution >= 4 is 23.1 Å². The number of aliphatic hydroxyl groups excluding tert-OH is 1. The molecule has 18 heavy (non-hydrogen) atoms. The highest BCUT2D eigenvalue weighted by Gasteiger charge is 2.31. The Morgan fingerprint density at radius 1 is 1.61 bits per heavy atom. The van der Waals surface area contributed by atoms with E-state index >= 15 is 0 Å². The first kappa shape index (κ1) is 11.7. The lowest BCUT2D eigenvalue weighted by molar-refractivity contribution is -0.0222. The van der Waals surface area contributed by atoms with Crippen LogP contribution in [0.3, 0.4) is 0 Å². The fourth-order valence-corrected chi connectivity index (χ4v) is 3.15. The van der Waals surface area contributed by atoms with Crippen LogP contribution >= 0.6 is 11.3 Å². The molecular formula is C10H14N4O3S. The molecule has 0 radical (unpaired) electrons. The standard InChI is InChI=1S/C10H14N4O3S/c11-9-12-3-6-8(13-9)14(10(16)18-6)7-2-1-5(4-15)17-7/h5,7,15H,1-4H2,(H3,11,12,13)/t5-,7+/m0/s1. The Morgan fingerprint density at radius 2 is 2.44 bits per heavy atom. The van der Waals surface area contributed by atoms with Crippen LogP contribution in [0.1, 0.15) is 23.9 Å². The second-order valence-corrected chi connectivity index (χ2v) is 5.36. The number of hydrogen-bond donors (Lipinski definition) is 3. The number of rotatable bonds is 2. The molecular weight excluding hydrogens is 256 g/mol. The maximum atomic E-state index is 12.0. The number of nitrogens with zero attached hydrogens (tertiary/aromatic N) is 2. The van der Waals surface area contributed by atoms with Crippen molar-refractivity contribution in [2.45, 2.75) is 31.7 Å². The van der Waals surface area contributed by atoms with Crippen LogP contribution < -0.4 is 15.9 Å². The van der Waals surface area contributed by atoms with Crippen LogP contribution in [0.15, 0.2) is 9.79 Å². The van der Waals surface area contributed by atoms with E-state index in [2.05, 4.69) is 10.3 Å². The number of thiazole rings is 1. The van der Waals surface area contributed by atoms with Gasteiger partial charge in [-0.05, 0) is 12.8 Å². The van der Waals surface area contributed by atoms with E-state index < -0.39 is 0 Å². The Labute approximate surface area is 107 Å². The Morgan fingerprint density at radius 3 is 3.17 bits per heavy atom. The maximum absolute atomic E-state index is 12.0. The molecule has 1 aromatic heterocycles. The molecule has 4 N–H and O–H groups in total. The van der Waals surface area contributed by atoms with Crippen molar-refractivity contribution in [3.05, 3.63) is 14.5 Å². The van der Waals surface area contributed by atoms with Gasteiger partial charge in [-0.25, -0.2) is 4.99 Å². The Kier molecular flexibility index (Phi) is 2.84. The average Bonchev–Trinajstić information content (AvgIpc) is 2.92. The van der Waals surface area contributed by atoms with Gasteiger partial charge in [0.15, 0.2) is 5.96 Å². The molecule has 2 atom stereocenters. The normalized spacial score (nSPS) is 26.6. The molecule has 0 unspecified atom stereocenters. The molecule has 2 aliphatic rings. The summed E-state index contributed by atoms with van der Waals surface area (Å²) in [6.07, 6.45) is 0.953. The van der Waals surface area contributed by atoms with Crippen molar-refractivity contribution in [2.24, 2.45) is 10.7 Å². The molecule has 0 amide bonds. The number of fused-ring (bicyclic) bond motifs is 1. The minimum atomic E-state index is -0.326. The maximum Gasteiger partial charge on any atom is 0.311 e. The summed E-state index contributed by atoms with van der Waals surface area (Å²) >= 11 is 1.15. The molecule has 0 bridgehead atoms. The summed E-state index contributed by atoms with van der Waals surface area (Å²) in [7, 11) is 0. The molecule has 8 heteroatoms. The second-order valence-electron chi connectivity index (χ2n) is 4.31. The van der Waals surface area contributed by atoms with Crippen molar-refractivity contribution in [3.8, 4) is 0 Å². The van der Waals surface area contributed by atoms with Gasteiger partial charge in [-0.15, -0.1) is 0 Å². The van der Waals surface area contributed by atoms with Gasteiger partial charge < -0.3 is 20.9 Å². The van der Waals surface area contributed by atoms with Crippen LogP contribution in [0.4, 0.5) is 5.82 Å². The van der Waals surface area contributed by atoms with E-state index in [0.717, 1.165) is 22.6 Å². The predicted octanol–water partition coefficient (Wildman–Crippen LogP) is -0.180. The molecule has 3 heterocycles. The van der Waals surface area contributed by atoms with E-state index in [1.165, 1.54) is 0 Å². The third-order valence-electron chi connectivity index (χ3n) is 3.13. The minimum Gasteiger partial charge on any atom is -0.394 e. The lowest BCUT2D eigenvalue weighted by atomic mass is 10.2. The van der Waals surface area contributed by atoms with Gasteiger partial charge in [-0.1, -0.05) is 11.3 Å².